The van der Waals surface area contributed by atoms with Gasteiger partial charge in [0, 0.05) is 41.0 Å². The normalized spacial score (nSPS) is 21.0. The second-order valence-electron chi connectivity index (χ2n) is 8.83. The van der Waals surface area contributed by atoms with Gasteiger partial charge in [0.05, 0.1) is 35.3 Å². The summed E-state index contributed by atoms with van der Waals surface area (Å²) in [7, 11) is 1.90. The lowest BCUT2D eigenvalue weighted by atomic mass is 9.87. The van der Waals surface area contributed by atoms with Crippen LogP contribution in [0.3, 0.4) is 0 Å². The summed E-state index contributed by atoms with van der Waals surface area (Å²) >= 11 is 6.00. The SMILES string of the molecule is Cc1nc2cc([C@H]3C[C@@H](c4cnn(C)c4)O[C@@H](C)C3)nc(-c3ccc(Cl)cc3F)c2nc1C. The highest BCUT2D eigenvalue weighted by Gasteiger charge is 2.31. The van der Waals surface area contributed by atoms with Crippen LogP contribution in [0.5, 0.6) is 0 Å². The number of aryl methyl sites for hydroxylation is 3. The van der Waals surface area contributed by atoms with Crippen LogP contribution in [-0.2, 0) is 11.8 Å². The van der Waals surface area contributed by atoms with Crippen LogP contribution >= 0.6 is 11.6 Å². The third kappa shape index (κ3) is 4.23. The lowest BCUT2D eigenvalue weighted by Crippen LogP contribution is -2.25. The van der Waals surface area contributed by atoms with Gasteiger partial charge in [-0.2, -0.15) is 5.10 Å². The zero-order valence-electron chi connectivity index (χ0n) is 19.0. The molecule has 1 saturated heterocycles. The number of aromatic nitrogens is 5. The molecule has 0 bridgehead atoms. The number of fused-ring (bicyclic) bond motifs is 1. The summed E-state index contributed by atoms with van der Waals surface area (Å²) in [5.41, 5.74) is 5.71. The van der Waals surface area contributed by atoms with Gasteiger partial charge in [-0.05, 0) is 57.9 Å². The summed E-state index contributed by atoms with van der Waals surface area (Å²) in [5, 5.41) is 4.63. The average Bonchev–Trinajstić information content (AvgIpc) is 3.20. The van der Waals surface area contributed by atoms with Gasteiger partial charge in [-0.25, -0.2) is 19.3 Å². The minimum atomic E-state index is -0.429. The Morgan fingerprint density at radius 3 is 2.61 bits per heavy atom. The minimum Gasteiger partial charge on any atom is -0.370 e. The van der Waals surface area contributed by atoms with E-state index in [1.54, 1.807) is 16.8 Å². The standard InChI is InChI=1S/C25H25ClFN5O/c1-13-7-16(8-23(33-13)17-11-28-32(4)12-17)21-10-22-25(30-15(3)14(2)29-22)24(31-21)19-6-5-18(26)9-20(19)27/h5-6,9-13,16,23H,7-8H2,1-4H3/t13-,16+,23-/m0/s1. The Balaban J connectivity index is 1.64. The van der Waals surface area contributed by atoms with Crippen LogP contribution in [0, 0.1) is 19.7 Å². The number of halogens is 2. The fourth-order valence-electron chi connectivity index (χ4n) is 4.54. The van der Waals surface area contributed by atoms with E-state index in [1.807, 2.05) is 39.4 Å². The first kappa shape index (κ1) is 21.9. The maximum absolute atomic E-state index is 15.0. The average molecular weight is 466 g/mol. The number of nitrogens with zero attached hydrogens (tertiary/aromatic N) is 5. The van der Waals surface area contributed by atoms with E-state index in [4.69, 9.17) is 31.3 Å². The quantitative estimate of drug-likeness (QED) is 0.379. The molecule has 0 saturated carbocycles. The number of rotatable bonds is 3. The summed E-state index contributed by atoms with van der Waals surface area (Å²) in [4.78, 5) is 14.5. The monoisotopic (exact) mass is 465 g/mol. The van der Waals surface area contributed by atoms with Gasteiger partial charge in [-0.15, -0.1) is 0 Å². The first-order valence-corrected chi connectivity index (χ1v) is 11.4. The number of hydrogen-bond donors (Lipinski definition) is 0. The molecule has 0 amide bonds. The Kier molecular flexibility index (Phi) is 5.62. The highest BCUT2D eigenvalue weighted by atomic mass is 35.5. The van der Waals surface area contributed by atoms with Gasteiger partial charge >= 0.3 is 0 Å². The zero-order chi connectivity index (χ0) is 23.3. The van der Waals surface area contributed by atoms with Crippen molar-refractivity contribution < 1.29 is 9.13 Å². The molecule has 170 valence electrons. The predicted octanol–water partition coefficient (Wildman–Crippen LogP) is 5.86. The van der Waals surface area contributed by atoms with Gasteiger partial charge in [0.25, 0.3) is 0 Å². The van der Waals surface area contributed by atoms with Gasteiger partial charge in [-0.3, -0.25) is 4.68 Å². The van der Waals surface area contributed by atoms with Crippen LogP contribution in [0.2, 0.25) is 5.02 Å². The molecule has 1 aromatic carbocycles. The van der Waals surface area contributed by atoms with Gasteiger partial charge in [0.2, 0.25) is 0 Å². The number of pyridine rings is 1. The molecule has 3 aromatic heterocycles. The fourth-order valence-corrected chi connectivity index (χ4v) is 4.70. The van der Waals surface area contributed by atoms with E-state index >= 15 is 0 Å². The van der Waals surface area contributed by atoms with Crippen LogP contribution in [0.4, 0.5) is 4.39 Å². The van der Waals surface area contributed by atoms with Crippen LogP contribution in [0.1, 0.15) is 54.4 Å². The van der Waals surface area contributed by atoms with E-state index in [0.717, 1.165) is 35.5 Å². The molecule has 5 rings (SSSR count). The van der Waals surface area contributed by atoms with Gasteiger partial charge in [0.15, 0.2) is 0 Å². The van der Waals surface area contributed by atoms with E-state index in [0.29, 0.717) is 27.3 Å². The number of ether oxygens (including phenoxy) is 1. The Labute approximate surface area is 196 Å². The largest absolute Gasteiger partial charge is 0.370 e. The Morgan fingerprint density at radius 1 is 1.09 bits per heavy atom. The molecule has 4 heterocycles. The number of benzene rings is 1. The molecule has 3 atom stereocenters. The molecule has 1 fully saturated rings. The van der Waals surface area contributed by atoms with Gasteiger partial charge in [0.1, 0.15) is 17.0 Å². The van der Waals surface area contributed by atoms with Crippen LogP contribution < -0.4 is 0 Å². The summed E-state index contributed by atoms with van der Waals surface area (Å²) < 4.78 is 23.0. The van der Waals surface area contributed by atoms with Crippen molar-refractivity contribution in [3.8, 4) is 11.3 Å². The molecule has 6 nitrogen and oxygen atoms in total. The minimum absolute atomic E-state index is 0.0491. The molecular weight excluding hydrogens is 441 g/mol. The van der Waals surface area contributed by atoms with E-state index in [1.165, 1.54) is 6.07 Å². The molecule has 1 aliphatic rings. The Morgan fingerprint density at radius 2 is 1.88 bits per heavy atom. The third-order valence-corrected chi connectivity index (χ3v) is 6.53. The molecule has 1 aliphatic heterocycles. The van der Waals surface area contributed by atoms with Crippen LogP contribution in [0.25, 0.3) is 22.3 Å². The Hall–Kier alpha value is -2.90. The highest BCUT2D eigenvalue weighted by Crippen LogP contribution is 2.41. The topological polar surface area (TPSA) is 65.7 Å². The lowest BCUT2D eigenvalue weighted by molar-refractivity contribution is -0.0506. The summed E-state index contributed by atoms with van der Waals surface area (Å²) in [6, 6.07) is 6.63. The van der Waals surface area contributed by atoms with Crippen molar-refractivity contribution in [2.75, 3.05) is 0 Å². The summed E-state index contributed by atoms with van der Waals surface area (Å²) in [6.07, 6.45) is 5.38. The smallest absolute Gasteiger partial charge is 0.134 e. The van der Waals surface area contributed by atoms with Crippen molar-refractivity contribution in [2.45, 2.75) is 51.7 Å². The zero-order valence-corrected chi connectivity index (χ0v) is 19.8. The highest BCUT2D eigenvalue weighted by molar-refractivity contribution is 6.30. The first-order valence-electron chi connectivity index (χ1n) is 11.0. The Bertz CT molecular complexity index is 1350. The second-order valence-corrected chi connectivity index (χ2v) is 9.27. The maximum Gasteiger partial charge on any atom is 0.134 e. The molecule has 0 aliphatic carbocycles. The van der Waals surface area contributed by atoms with E-state index in [2.05, 4.69) is 12.0 Å². The van der Waals surface area contributed by atoms with Crippen molar-refractivity contribution in [3.05, 3.63) is 70.1 Å². The van der Waals surface area contributed by atoms with Crippen molar-refractivity contribution in [1.82, 2.24) is 24.7 Å². The molecule has 0 unspecified atom stereocenters. The van der Waals surface area contributed by atoms with Crippen LogP contribution in [0.15, 0.2) is 36.7 Å². The second kappa shape index (κ2) is 8.47. The van der Waals surface area contributed by atoms with E-state index in [9.17, 15) is 4.39 Å². The van der Waals surface area contributed by atoms with Gasteiger partial charge in [-0.1, -0.05) is 11.6 Å². The molecule has 8 heteroatoms. The molecule has 0 N–H and O–H groups in total. The third-order valence-electron chi connectivity index (χ3n) is 6.30. The molecule has 0 radical (unpaired) electrons. The molecule has 0 spiro atoms. The summed E-state index contributed by atoms with van der Waals surface area (Å²) in [6.45, 7) is 5.90. The fraction of sp³-hybridized carbons (Fsp3) is 0.360. The first-order chi connectivity index (χ1) is 15.8. The predicted molar refractivity (Wildman–Crippen MR) is 126 cm³/mol. The van der Waals surface area contributed by atoms with Crippen molar-refractivity contribution in [3.63, 3.8) is 0 Å². The molecule has 33 heavy (non-hydrogen) atoms. The van der Waals surface area contributed by atoms with Crippen molar-refractivity contribution >= 4 is 22.6 Å². The van der Waals surface area contributed by atoms with Gasteiger partial charge < -0.3 is 4.74 Å². The van der Waals surface area contributed by atoms with Crippen LogP contribution in [-0.4, -0.2) is 30.8 Å². The summed E-state index contributed by atoms with van der Waals surface area (Å²) in [5.74, 6) is -0.303. The molecule has 4 aromatic rings. The van der Waals surface area contributed by atoms with Crippen molar-refractivity contribution in [1.29, 1.82) is 0 Å². The van der Waals surface area contributed by atoms with E-state index in [-0.39, 0.29) is 18.1 Å². The lowest BCUT2D eigenvalue weighted by Gasteiger charge is -2.33. The maximum atomic E-state index is 15.0. The molecular formula is C25H25ClFN5O. The van der Waals surface area contributed by atoms with E-state index < -0.39 is 5.82 Å². The number of hydrogen-bond acceptors (Lipinski definition) is 5. The van der Waals surface area contributed by atoms with Crippen molar-refractivity contribution in [2.24, 2.45) is 7.05 Å².